The van der Waals surface area contributed by atoms with Gasteiger partial charge in [0, 0.05) is 28.9 Å². The number of amides is 2. The van der Waals surface area contributed by atoms with Crippen LogP contribution < -0.4 is 10.1 Å². The van der Waals surface area contributed by atoms with E-state index in [1.165, 1.54) is 4.90 Å². The zero-order valence-electron chi connectivity index (χ0n) is 16.5. The Kier molecular flexibility index (Phi) is 6.50. The first kappa shape index (κ1) is 21.2. The number of anilines is 1. The summed E-state index contributed by atoms with van der Waals surface area (Å²) in [7, 11) is 0. The molecule has 0 bridgehead atoms. The van der Waals surface area contributed by atoms with Crippen molar-refractivity contribution in [3.05, 3.63) is 63.8 Å². The van der Waals surface area contributed by atoms with Crippen LogP contribution in [0.1, 0.15) is 26.3 Å². The second-order valence-electron chi connectivity index (χ2n) is 7.07. The molecule has 0 unspecified atom stereocenters. The van der Waals surface area contributed by atoms with E-state index in [-0.39, 0.29) is 29.0 Å². The second kappa shape index (κ2) is 8.89. The third kappa shape index (κ3) is 4.57. The maximum atomic E-state index is 13.1. The number of benzene rings is 2. The summed E-state index contributed by atoms with van der Waals surface area (Å²) in [5, 5.41) is 3.87. The zero-order chi connectivity index (χ0) is 21.1. The highest BCUT2D eigenvalue weighted by molar-refractivity contribution is 6.41. The lowest BCUT2D eigenvalue weighted by molar-refractivity contribution is -0.137. The van der Waals surface area contributed by atoms with E-state index in [0.29, 0.717) is 40.2 Å². The molecule has 0 radical (unpaired) electrons. The van der Waals surface area contributed by atoms with E-state index in [1.807, 2.05) is 32.9 Å². The predicted molar refractivity (Wildman–Crippen MR) is 116 cm³/mol. The summed E-state index contributed by atoms with van der Waals surface area (Å²) in [5.74, 6) is 0.0355. The fraction of sp³-hybridized carbons (Fsp3) is 0.273. The van der Waals surface area contributed by atoms with Gasteiger partial charge >= 0.3 is 0 Å². The van der Waals surface area contributed by atoms with Crippen LogP contribution in [-0.4, -0.2) is 29.9 Å². The summed E-state index contributed by atoms with van der Waals surface area (Å²) in [5.41, 5.74) is 1.53. The minimum absolute atomic E-state index is 0.130. The first-order chi connectivity index (χ1) is 13.8. The van der Waals surface area contributed by atoms with E-state index < -0.39 is 0 Å². The SMILES string of the molecule is CCOc1cccc(NC2=C(c3ccc(Cl)cc3Cl)C(=O)N(CC(C)C)C2=O)c1. The van der Waals surface area contributed by atoms with Crippen LogP contribution in [0.5, 0.6) is 5.75 Å². The summed E-state index contributed by atoms with van der Waals surface area (Å²) in [4.78, 5) is 27.5. The van der Waals surface area contributed by atoms with Gasteiger partial charge in [0.2, 0.25) is 0 Å². The van der Waals surface area contributed by atoms with Crippen molar-refractivity contribution in [1.29, 1.82) is 0 Å². The van der Waals surface area contributed by atoms with Crippen molar-refractivity contribution < 1.29 is 14.3 Å². The van der Waals surface area contributed by atoms with Gasteiger partial charge in [0.1, 0.15) is 11.4 Å². The van der Waals surface area contributed by atoms with E-state index in [9.17, 15) is 9.59 Å². The van der Waals surface area contributed by atoms with Gasteiger partial charge in [-0.15, -0.1) is 0 Å². The van der Waals surface area contributed by atoms with Gasteiger partial charge in [-0.2, -0.15) is 0 Å². The number of nitrogens with one attached hydrogen (secondary N) is 1. The Morgan fingerprint density at radius 3 is 2.48 bits per heavy atom. The first-order valence-corrected chi connectivity index (χ1v) is 10.1. The molecule has 0 saturated carbocycles. The Bertz CT molecular complexity index is 986. The van der Waals surface area contributed by atoms with E-state index in [4.69, 9.17) is 27.9 Å². The van der Waals surface area contributed by atoms with Gasteiger partial charge in [-0.25, -0.2) is 0 Å². The number of ether oxygens (including phenoxy) is 1. The molecule has 1 aliphatic heterocycles. The van der Waals surface area contributed by atoms with Crippen LogP contribution >= 0.6 is 23.2 Å². The minimum atomic E-state index is -0.383. The Morgan fingerprint density at radius 1 is 1.07 bits per heavy atom. The maximum Gasteiger partial charge on any atom is 0.278 e. The monoisotopic (exact) mass is 432 g/mol. The average molecular weight is 433 g/mol. The largest absolute Gasteiger partial charge is 0.494 e. The lowest BCUT2D eigenvalue weighted by Gasteiger charge is -2.17. The summed E-state index contributed by atoms with van der Waals surface area (Å²) < 4.78 is 5.52. The molecule has 1 N–H and O–H groups in total. The number of hydrogen-bond donors (Lipinski definition) is 1. The average Bonchev–Trinajstić information content (AvgIpc) is 2.87. The number of carbonyl (C=O) groups excluding carboxylic acids is 2. The molecule has 1 heterocycles. The molecule has 0 aromatic heterocycles. The van der Waals surface area contributed by atoms with Crippen molar-refractivity contribution >= 4 is 46.3 Å². The van der Waals surface area contributed by atoms with Crippen LogP contribution in [0.2, 0.25) is 10.0 Å². The zero-order valence-corrected chi connectivity index (χ0v) is 18.0. The molecule has 2 aromatic rings. The number of carbonyl (C=O) groups is 2. The van der Waals surface area contributed by atoms with Gasteiger partial charge < -0.3 is 10.1 Å². The van der Waals surface area contributed by atoms with Gasteiger partial charge in [-0.1, -0.05) is 49.2 Å². The van der Waals surface area contributed by atoms with Crippen molar-refractivity contribution in [3.63, 3.8) is 0 Å². The van der Waals surface area contributed by atoms with Gasteiger partial charge in [-0.3, -0.25) is 14.5 Å². The molecule has 0 saturated heterocycles. The standard InChI is InChI=1S/C22H22Cl2N2O3/c1-4-29-16-7-5-6-15(11-16)25-20-19(17-9-8-14(23)10-18(17)24)21(27)26(22(20)28)12-13(2)3/h5-11,13,25H,4,12H2,1-3H3. The van der Waals surface area contributed by atoms with Crippen molar-refractivity contribution in [2.75, 3.05) is 18.5 Å². The Morgan fingerprint density at radius 2 is 1.83 bits per heavy atom. The number of hydrogen-bond acceptors (Lipinski definition) is 4. The van der Waals surface area contributed by atoms with Gasteiger partial charge in [0.25, 0.3) is 11.8 Å². The predicted octanol–water partition coefficient (Wildman–Crippen LogP) is 5.24. The summed E-state index contributed by atoms with van der Waals surface area (Å²) in [6.45, 7) is 6.64. The van der Waals surface area contributed by atoms with Gasteiger partial charge in [-0.05, 0) is 37.1 Å². The molecule has 3 rings (SSSR count). The smallest absolute Gasteiger partial charge is 0.278 e. The van der Waals surface area contributed by atoms with Crippen LogP contribution in [0.15, 0.2) is 48.2 Å². The minimum Gasteiger partial charge on any atom is -0.494 e. The molecule has 152 valence electrons. The Labute approximate surface area is 180 Å². The van der Waals surface area contributed by atoms with E-state index in [2.05, 4.69) is 5.32 Å². The topological polar surface area (TPSA) is 58.6 Å². The van der Waals surface area contributed by atoms with Crippen LogP contribution in [0, 0.1) is 5.92 Å². The number of rotatable bonds is 7. The van der Waals surface area contributed by atoms with Crippen LogP contribution in [0.4, 0.5) is 5.69 Å². The molecule has 0 atom stereocenters. The summed E-state index contributed by atoms with van der Waals surface area (Å²) in [6.07, 6.45) is 0. The third-order valence-corrected chi connectivity index (χ3v) is 4.88. The second-order valence-corrected chi connectivity index (χ2v) is 7.92. The van der Waals surface area contributed by atoms with Crippen LogP contribution in [-0.2, 0) is 9.59 Å². The molecular formula is C22H22Cl2N2O3. The van der Waals surface area contributed by atoms with Crippen molar-refractivity contribution in [3.8, 4) is 5.75 Å². The summed E-state index contributed by atoms with van der Waals surface area (Å²) >= 11 is 12.4. The van der Waals surface area contributed by atoms with Crippen LogP contribution in [0.3, 0.4) is 0 Å². The third-order valence-electron chi connectivity index (χ3n) is 4.33. The van der Waals surface area contributed by atoms with E-state index in [1.54, 1.807) is 30.3 Å². The van der Waals surface area contributed by atoms with Crippen molar-refractivity contribution in [2.24, 2.45) is 5.92 Å². The Hall–Kier alpha value is -2.50. The highest BCUT2D eigenvalue weighted by atomic mass is 35.5. The molecule has 2 aromatic carbocycles. The summed E-state index contributed by atoms with van der Waals surface area (Å²) in [6, 6.07) is 12.1. The van der Waals surface area contributed by atoms with E-state index >= 15 is 0 Å². The highest BCUT2D eigenvalue weighted by Crippen LogP contribution is 2.36. The van der Waals surface area contributed by atoms with E-state index in [0.717, 1.165) is 0 Å². The molecule has 1 aliphatic rings. The maximum absolute atomic E-state index is 13.1. The highest BCUT2D eigenvalue weighted by Gasteiger charge is 2.40. The fourth-order valence-electron chi connectivity index (χ4n) is 3.14. The molecule has 7 heteroatoms. The molecule has 2 amide bonds. The molecule has 5 nitrogen and oxygen atoms in total. The van der Waals surface area contributed by atoms with Crippen molar-refractivity contribution in [1.82, 2.24) is 4.90 Å². The molecular weight excluding hydrogens is 411 g/mol. The number of imide groups is 1. The van der Waals surface area contributed by atoms with Gasteiger partial charge in [0.15, 0.2) is 0 Å². The molecule has 0 fully saturated rings. The first-order valence-electron chi connectivity index (χ1n) is 9.37. The fourth-order valence-corrected chi connectivity index (χ4v) is 3.64. The van der Waals surface area contributed by atoms with Crippen molar-refractivity contribution in [2.45, 2.75) is 20.8 Å². The molecule has 0 spiro atoms. The lowest BCUT2D eigenvalue weighted by Crippen LogP contribution is -2.35. The molecule has 29 heavy (non-hydrogen) atoms. The number of halogens is 2. The molecule has 0 aliphatic carbocycles. The quantitative estimate of drug-likeness (QED) is 0.607. The normalized spacial score (nSPS) is 14.2. The number of nitrogens with zero attached hydrogens (tertiary/aromatic N) is 1. The van der Waals surface area contributed by atoms with Crippen LogP contribution in [0.25, 0.3) is 5.57 Å². The lowest BCUT2D eigenvalue weighted by atomic mass is 10.0. The van der Waals surface area contributed by atoms with Gasteiger partial charge in [0.05, 0.1) is 17.2 Å². The Balaban J connectivity index is 2.08.